The zero-order valence-electron chi connectivity index (χ0n) is 11.8. The third kappa shape index (κ3) is 2.31. The molecule has 0 bridgehead atoms. The number of nitrogens with zero attached hydrogens (tertiary/aromatic N) is 1. The summed E-state index contributed by atoms with van der Waals surface area (Å²) in [6.45, 7) is 3.58. The van der Waals surface area contributed by atoms with Gasteiger partial charge in [0.25, 0.3) is 5.91 Å². The first-order valence-corrected chi connectivity index (χ1v) is 7.70. The van der Waals surface area contributed by atoms with Crippen molar-refractivity contribution < 1.29 is 4.79 Å². The van der Waals surface area contributed by atoms with Crippen LogP contribution in [0.4, 0.5) is 5.69 Å². The molecule has 104 valence electrons. The van der Waals surface area contributed by atoms with Gasteiger partial charge in [-0.25, -0.2) is 0 Å². The van der Waals surface area contributed by atoms with E-state index in [1.807, 2.05) is 37.1 Å². The average Bonchev–Trinajstić information content (AvgIpc) is 2.93. The summed E-state index contributed by atoms with van der Waals surface area (Å²) < 4.78 is 0. The van der Waals surface area contributed by atoms with Crippen LogP contribution in [0.3, 0.4) is 0 Å². The summed E-state index contributed by atoms with van der Waals surface area (Å²) in [5.74, 6) is 0.117. The fourth-order valence-corrected chi connectivity index (χ4v) is 3.53. The molecular formula is C16H18N2OS. The molecule has 1 N–H and O–H groups in total. The summed E-state index contributed by atoms with van der Waals surface area (Å²) >= 11 is 1.79. The lowest BCUT2D eigenvalue weighted by molar-refractivity contribution is 0.0737. The number of fused-ring (bicyclic) bond motifs is 1. The first-order valence-electron chi connectivity index (χ1n) is 6.82. The van der Waals surface area contributed by atoms with E-state index in [1.54, 1.807) is 11.3 Å². The van der Waals surface area contributed by atoms with Crippen LogP contribution in [0.2, 0.25) is 0 Å². The molecule has 4 heteroatoms. The van der Waals surface area contributed by atoms with Crippen LogP contribution in [-0.4, -0.2) is 24.4 Å². The van der Waals surface area contributed by atoms with Crippen molar-refractivity contribution in [3.8, 4) is 0 Å². The summed E-state index contributed by atoms with van der Waals surface area (Å²) in [6.07, 6.45) is 0.972. The Hall–Kier alpha value is -1.81. The minimum atomic E-state index is 0.117. The summed E-state index contributed by atoms with van der Waals surface area (Å²) in [6, 6.07) is 8.07. The van der Waals surface area contributed by atoms with Gasteiger partial charge in [-0.1, -0.05) is 6.07 Å². The zero-order valence-corrected chi connectivity index (χ0v) is 12.6. The Labute approximate surface area is 123 Å². The number of benzene rings is 1. The molecule has 0 atom stereocenters. The largest absolute Gasteiger partial charge is 0.387 e. The van der Waals surface area contributed by atoms with Crippen LogP contribution in [0.25, 0.3) is 0 Å². The van der Waals surface area contributed by atoms with Gasteiger partial charge < -0.3 is 10.2 Å². The average molecular weight is 286 g/mol. The summed E-state index contributed by atoms with van der Waals surface area (Å²) in [5.41, 5.74) is 4.13. The van der Waals surface area contributed by atoms with Crippen molar-refractivity contribution in [1.29, 1.82) is 0 Å². The summed E-state index contributed by atoms with van der Waals surface area (Å²) in [7, 11) is 1.86. The number of rotatable bonds is 2. The number of carbonyl (C=O) groups is 1. The van der Waals surface area contributed by atoms with E-state index >= 15 is 0 Å². The molecule has 1 aromatic carbocycles. The van der Waals surface area contributed by atoms with Gasteiger partial charge in [-0.2, -0.15) is 0 Å². The molecule has 3 rings (SSSR count). The molecule has 1 aromatic heterocycles. The highest BCUT2D eigenvalue weighted by Gasteiger charge is 2.23. The van der Waals surface area contributed by atoms with E-state index in [1.165, 1.54) is 10.4 Å². The maximum Gasteiger partial charge on any atom is 0.256 e. The van der Waals surface area contributed by atoms with Gasteiger partial charge in [0.05, 0.1) is 5.56 Å². The zero-order chi connectivity index (χ0) is 14.1. The number of aryl methyl sites for hydroxylation is 1. The first-order chi connectivity index (χ1) is 9.69. The highest BCUT2D eigenvalue weighted by molar-refractivity contribution is 7.10. The fraction of sp³-hybridized carbons (Fsp3) is 0.312. The highest BCUT2D eigenvalue weighted by Crippen LogP contribution is 2.26. The van der Waals surface area contributed by atoms with Gasteiger partial charge in [-0.3, -0.25) is 4.79 Å². The lowest BCUT2D eigenvalue weighted by Gasteiger charge is -2.27. The maximum absolute atomic E-state index is 12.7. The molecule has 0 unspecified atom stereocenters. The molecule has 0 radical (unpaired) electrons. The standard InChI is InChI=1S/C16H18N2OS/c1-11-3-4-13(14(9-11)17-2)16(19)18-7-5-15-12(10-18)6-8-20-15/h3-4,6,8-9,17H,5,7,10H2,1-2H3. The second-order valence-corrected chi connectivity index (χ2v) is 6.15. The van der Waals surface area contributed by atoms with E-state index in [9.17, 15) is 4.79 Å². The van der Waals surface area contributed by atoms with Crippen LogP contribution in [0.1, 0.15) is 26.4 Å². The SMILES string of the molecule is CNc1cc(C)ccc1C(=O)N1CCc2sccc2C1. The predicted octanol–water partition coefficient (Wildman–Crippen LogP) is 3.30. The van der Waals surface area contributed by atoms with Crippen LogP contribution in [0.15, 0.2) is 29.6 Å². The van der Waals surface area contributed by atoms with Gasteiger partial charge in [0.1, 0.15) is 0 Å². The number of thiophene rings is 1. The minimum absolute atomic E-state index is 0.117. The van der Waals surface area contributed by atoms with E-state index in [-0.39, 0.29) is 5.91 Å². The maximum atomic E-state index is 12.7. The molecule has 0 aliphatic carbocycles. The molecular weight excluding hydrogens is 268 g/mol. The molecule has 2 aromatic rings. The molecule has 1 amide bonds. The van der Waals surface area contributed by atoms with E-state index in [0.29, 0.717) is 0 Å². The van der Waals surface area contributed by atoms with Crippen molar-refractivity contribution in [2.45, 2.75) is 19.9 Å². The molecule has 3 nitrogen and oxygen atoms in total. The Kier molecular flexibility index (Phi) is 3.49. The van der Waals surface area contributed by atoms with Crippen LogP contribution < -0.4 is 5.32 Å². The monoisotopic (exact) mass is 286 g/mol. The van der Waals surface area contributed by atoms with Crippen molar-refractivity contribution >= 4 is 22.9 Å². The Bertz CT molecular complexity index is 648. The van der Waals surface area contributed by atoms with Crippen molar-refractivity contribution in [2.24, 2.45) is 0 Å². The number of hydrogen-bond acceptors (Lipinski definition) is 3. The molecule has 1 aliphatic heterocycles. The number of hydrogen-bond donors (Lipinski definition) is 1. The first kappa shape index (κ1) is 13.2. The van der Waals surface area contributed by atoms with Crippen molar-refractivity contribution in [3.05, 3.63) is 51.2 Å². The summed E-state index contributed by atoms with van der Waals surface area (Å²) in [5, 5.41) is 5.24. The smallest absolute Gasteiger partial charge is 0.256 e. The highest BCUT2D eigenvalue weighted by atomic mass is 32.1. The molecule has 0 fully saturated rings. The lowest BCUT2D eigenvalue weighted by atomic mass is 10.1. The van der Waals surface area contributed by atoms with Crippen LogP contribution in [-0.2, 0) is 13.0 Å². The van der Waals surface area contributed by atoms with Crippen molar-refractivity contribution in [3.63, 3.8) is 0 Å². The molecule has 0 saturated carbocycles. The molecule has 0 saturated heterocycles. The third-order valence-corrected chi connectivity index (χ3v) is 4.79. The van der Waals surface area contributed by atoms with E-state index in [0.717, 1.165) is 36.3 Å². The Morgan fingerprint density at radius 3 is 3.00 bits per heavy atom. The Balaban J connectivity index is 1.87. The Morgan fingerprint density at radius 2 is 2.20 bits per heavy atom. The second-order valence-electron chi connectivity index (χ2n) is 5.14. The third-order valence-electron chi connectivity index (χ3n) is 3.77. The van der Waals surface area contributed by atoms with Gasteiger partial charge in [0.15, 0.2) is 0 Å². The lowest BCUT2D eigenvalue weighted by Crippen LogP contribution is -2.35. The molecule has 1 aliphatic rings. The van der Waals surface area contributed by atoms with Gasteiger partial charge in [0, 0.05) is 30.7 Å². The number of carbonyl (C=O) groups excluding carboxylic acids is 1. The number of nitrogens with one attached hydrogen (secondary N) is 1. The van der Waals surface area contributed by atoms with E-state index < -0.39 is 0 Å². The summed E-state index contributed by atoms with van der Waals surface area (Å²) in [4.78, 5) is 16.1. The van der Waals surface area contributed by atoms with Gasteiger partial charge in [-0.15, -0.1) is 11.3 Å². The topological polar surface area (TPSA) is 32.3 Å². The van der Waals surface area contributed by atoms with Crippen LogP contribution in [0.5, 0.6) is 0 Å². The van der Waals surface area contributed by atoms with Gasteiger partial charge in [0.2, 0.25) is 0 Å². The predicted molar refractivity (Wildman–Crippen MR) is 83.5 cm³/mol. The van der Waals surface area contributed by atoms with E-state index in [2.05, 4.69) is 16.8 Å². The van der Waals surface area contributed by atoms with Gasteiger partial charge in [-0.05, 0) is 48.1 Å². The van der Waals surface area contributed by atoms with Crippen LogP contribution >= 0.6 is 11.3 Å². The fourth-order valence-electron chi connectivity index (χ4n) is 2.64. The van der Waals surface area contributed by atoms with Crippen molar-refractivity contribution in [1.82, 2.24) is 4.90 Å². The molecule has 20 heavy (non-hydrogen) atoms. The van der Waals surface area contributed by atoms with Crippen LogP contribution in [0, 0.1) is 6.92 Å². The molecule has 2 heterocycles. The Morgan fingerprint density at radius 1 is 1.35 bits per heavy atom. The van der Waals surface area contributed by atoms with Crippen molar-refractivity contribution in [2.75, 3.05) is 18.9 Å². The quantitative estimate of drug-likeness (QED) is 0.918. The number of anilines is 1. The second kappa shape index (κ2) is 5.29. The molecule has 0 spiro atoms. The normalized spacial score (nSPS) is 14.0. The van der Waals surface area contributed by atoms with E-state index in [4.69, 9.17) is 0 Å². The minimum Gasteiger partial charge on any atom is -0.387 e. The number of amides is 1. The van der Waals surface area contributed by atoms with Gasteiger partial charge >= 0.3 is 0 Å².